The summed E-state index contributed by atoms with van der Waals surface area (Å²) in [5, 5.41) is 22.1. The molecule has 0 saturated carbocycles. The van der Waals surface area contributed by atoms with Crippen molar-refractivity contribution in [1.29, 1.82) is 5.26 Å². The van der Waals surface area contributed by atoms with Gasteiger partial charge in [-0.15, -0.1) is 10.2 Å². The molecular formula is C24H25ClN6OS. The molecule has 2 heterocycles. The van der Waals surface area contributed by atoms with Gasteiger partial charge in [0.15, 0.2) is 5.16 Å². The lowest BCUT2D eigenvalue weighted by atomic mass is 10.1. The van der Waals surface area contributed by atoms with Crippen LogP contribution in [0.25, 0.3) is 0 Å². The number of likely N-dealkylation sites (tertiary alicyclic amines) is 1. The highest BCUT2D eigenvalue weighted by Crippen LogP contribution is 2.23. The average molecular weight is 481 g/mol. The molecule has 1 aliphatic heterocycles. The molecule has 2 aromatic carbocycles. The summed E-state index contributed by atoms with van der Waals surface area (Å²) in [7, 11) is 0. The van der Waals surface area contributed by atoms with E-state index in [2.05, 4.69) is 43.2 Å². The molecule has 1 amide bonds. The van der Waals surface area contributed by atoms with Crippen LogP contribution in [0.5, 0.6) is 0 Å². The monoisotopic (exact) mass is 480 g/mol. The Kier molecular flexibility index (Phi) is 8.00. The number of anilines is 1. The fraction of sp³-hybridized carbons (Fsp3) is 0.333. The summed E-state index contributed by atoms with van der Waals surface area (Å²) < 4.78 is 2.10. The van der Waals surface area contributed by atoms with Crippen LogP contribution in [-0.4, -0.2) is 44.4 Å². The zero-order valence-corrected chi connectivity index (χ0v) is 19.8. The topological polar surface area (TPSA) is 86.8 Å². The molecule has 0 aliphatic carbocycles. The first-order valence-electron chi connectivity index (χ1n) is 10.9. The van der Waals surface area contributed by atoms with E-state index < -0.39 is 0 Å². The lowest BCUT2D eigenvalue weighted by Gasteiger charge is -2.26. The molecule has 0 spiro atoms. The van der Waals surface area contributed by atoms with Gasteiger partial charge in [0.2, 0.25) is 5.91 Å². The predicted molar refractivity (Wildman–Crippen MR) is 130 cm³/mol. The highest BCUT2D eigenvalue weighted by molar-refractivity contribution is 7.99. The molecule has 0 bridgehead atoms. The van der Waals surface area contributed by atoms with E-state index in [1.54, 1.807) is 18.2 Å². The molecule has 0 atom stereocenters. The van der Waals surface area contributed by atoms with Gasteiger partial charge < -0.3 is 9.88 Å². The van der Waals surface area contributed by atoms with Crippen molar-refractivity contribution in [1.82, 2.24) is 19.7 Å². The van der Waals surface area contributed by atoms with Gasteiger partial charge in [-0.3, -0.25) is 9.69 Å². The SMILES string of the molecule is N#Cc1ccc(Cl)cc1NC(=O)CSc1nnc(CN2CCCCC2)n1Cc1ccccc1. The van der Waals surface area contributed by atoms with Gasteiger partial charge in [-0.25, -0.2) is 0 Å². The Morgan fingerprint density at radius 2 is 1.88 bits per heavy atom. The minimum absolute atomic E-state index is 0.147. The van der Waals surface area contributed by atoms with Crippen LogP contribution >= 0.6 is 23.4 Å². The third-order valence-corrected chi connectivity index (χ3v) is 6.70. The van der Waals surface area contributed by atoms with Gasteiger partial charge in [-0.2, -0.15) is 5.26 Å². The number of nitrogens with zero attached hydrogens (tertiary/aromatic N) is 5. The lowest BCUT2D eigenvalue weighted by Crippen LogP contribution is -2.30. The smallest absolute Gasteiger partial charge is 0.234 e. The summed E-state index contributed by atoms with van der Waals surface area (Å²) in [6.07, 6.45) is 3.70. The molecule has 33 heavy (non-hydrogen) atoms. The van der Waals surface area contributed by atoms with Crippen molar-refractivity contribution < 1.29 is 4.79 Å². The Bertz CT molecular complexity index is 1140. The molecule has 3 aromatic rings. The molecule has 1 saturated heterocycles. The third-order valence-electron chi connectivity index (χ3n) is 5.50. The van der Waals surface area contributed by atoms with E-state index in [1.165, 1.54) is 31.0 Å². The number of carbonyl (C=O) groups excluding carboxylic acids is 1. The van der Waals surface area contributed by atoms with E-state index in [4.69, 9.17) is 11.6 Å². The van der Waals surface area contributed by atoms with Gasteiger partial charge in [-0.05, 0) is 49.7 Å². The lowest BCUT2D eigenvalue weighted by molar-refractivity contribution is -0.113. The number of rotatable bonds is 8. The Hall–Kier alpha value is -2.86. The summed E-state index contributed by atoms with van der Waals surface area (Å²) in [6, 6.07) is 17.0. The highest BCUT2D eigenvalue weighted by Gasteiger charge is 2.19. The fourth-order valence-corrected chi connectivity index (χ4v) is 4.75. The number of halogens is 1. The number of hydrogen-bond acceptors (Lipinski definition) is 6. The maximum Gasteiger partial charge on any atom is 0.234 e. The molecule has 9 heteroatoms. The molecule has 0 unspecified atom stereocenters. The second kappa shape index (κ2) is 11.3. The molecule has 1 aromatic heterocycles. The maximum absolute atomic E-state index is 12.6. The standard InChI is InChI=1S/C24H25ClN6OS/c25-20-10-9-19(14-26)21(13-20)27-23(32)17-33-24-29-28-22(16-30-11-5-2-6-12-30)31(24)15-18-7-3-1-4-8-18/h1,3-4,7-10,13H,2,5-6,11-12,15-17H2,(H,27,32). The second-order valence-corrected chi connectivity index (χ2v) is 9.32. The first kappa shape index (κ1) is 23.3. The van der Waals surface area contributed by atoms with Crippen molar-refractivity contribution in [2.75, 3.05) is 24.2 Å². The maximum atomic E-state index is 12.6. The normalized spacial score (nSPS) is 14.1. The summed E-state index contributed by atoms with van der Waals surface area (Å²) in [5.74, 6) is 0.824. The first-order chi connectivity index (χ1) is 16.1. The van der Waals surface area contributed by atoms with Crippen molar-refractivity contribution in [3.8, 4) is 6.07 Å². The van der Waals surface area contributed by atoms with Crippen LogP contribution in [-0.2, 0) is 17.9 Å². The van der Waals surface area contributed by atoms with Crippen LogP contribution in [0.1, 0.15) is 36.2 Å². The number of nitrogens with one attached hydrogen (secondary N) is 1. The second-order valence-electron chi connectivity index (χ2n) is 7.95. The fourth-order valence-electron chi connectivity index (χ4n) is 3.82. The number of carbonyl (C=O) groups is 1. The zero-order valence-electron chi connectivity index (χ0n) is 18.2. The Labute approximate surface area is 202 Å². The van der Waals surface area contributed by atoms with E-state index in [9.17, 15) is 10.1 Å². The van der Waals surface area contributed by atoms with Gasteiger partial charge in [0.1, 0.15) is 11.9 Å². The van der Waals surface area contributed by atoms with Crippen molar-refractivity contribution in [3.63, 3.8) is 0 Å². The highest BCUT2D eigenvalue weighted by atomic mass is 35.5. The number of hydrogen-bond donors (Lipinski definition) is 1. The molecule has 0 radical (unpaired) electrons. The number of benzene rings is 2. The van der Waals surface area contributed by atoms with Gasteiger partial charge in [0.25, 0.3) is 0 Å². The van der Waals surface area contributed by atoms with Gasteiger partial charge in [0, 0.05) is 5.02 Å². The van der Waals surface area contributed by atoms with E-state index in [1.807, 2.05) is 18.2 Å². The predicted octanol–water partition coefficient (Wildman–Crippen LogP) is 4.57. The molecule has 4 rings (SSSR count). The number of aromatic nitrogens is 3. The minimum atomic E-state index is -0.231. The summed E-state index contributed by atoms with van der Waals surface area (Å²) >= 11 is 7.36. The van der Waals surface area contributed by atoms with Crippen LogP contribution in [0.4, 0.5) is 5.69 Å². The van der Waals surface area contributed by atoms with E-state index >= 15 is 0 Å². The van der Waals surface area contributed by atoms with Crippen LogP contribution in [0, 0.1) is 11.3 Å². The van der Waals surface area contributed by atoms with Gasteiger partial charge >= 0.3 is 0 Å². The third kappa shape index (κ3) is 6.35. The Balaban J connectivity index is 1.47. The van der Waals surface area contributed by atoms with Crippen LogP contribution in [0.3, 0.4) is 0 Å². The van der Waals surface area contributed by atoms with Crippen molar-refractivity contribution in [3.05, 3.63) is 70.5 Å². The minimum Gasteiger partial charge on any atom is -0.324 e. The molecule has 7 nitrogen and oxygen atoms in total. The van der Waals surface area contributed by atoms with E-state index in [-0.39, 0.29) is 11.7 Å². The number of piperidine rings is 1. The average Bonchev–Trinajstić information content (AvgIpc) is 3.20. The zero-order chi connectivity index (χ0) is 23.0. The molecule has 170 valence electrons. The van der Waals surface area contributed by atoms with Crippen LogP contribution in [0.15, 0.2) is 53.7 Å². The summed E-state index contributed by atoms with van der Waals surface area (Å²) in [6.45, 7) is 3.54. The number of thioether (sulfide) groups is 1. The van der Waals surface area contributed by atoms with Crippen molar-refractivity contribution >= 4 is 35.0 Å². The van der Waals surface area contributed by atoms with Crippen molar-refractivity contribution in [2.24, 2.45) is 0 Å². The number of amides is 1. The Morgan fingerprint density at radius 3 is 2.64 bits per heavy atom. The first-order valence-corrected chi connectivity index (χ1v) is 12.3. The van der Waals surface area contributed by atoms with Crippen molar-refractivity contribution in [2.45, 2.75) is 37.5 Å². The summed E-state index contributed by atoms with van der Waals surface area (Å²) in [5.41, 5.74) is 1.93. The van der Waals surface area contributed by atoms with Gasteiger partial charge in [-0.1, -0.05) is 60.1 Å². The van der Waals surface area contributed by atoms with Crippen LogP contribution in [0.2, 0.25) is 5.02 Å². The van der Waals surface area contributed by atoms with Crippen LogP contribution < -0.4 is 5.32 Å². The molecule has 1 fully saturated rings. The Morgan fingerprint density at radius 1 is 1.09 bits per heavy atom. The number of nitriles is 1. The van der Waals surface area contributed by atoms with E-state index in [0.29, 0.717) is 28.0 Å². The van der Waals surface area contributed by atoms with E-state index in [0.717, 1.165) is 31.0 Å². The largest absolute Gasteiger partial charge is 0.324 e. The quantitative estimate of drug-likeness (QED) is 0.475. The molecule has 1 aliphatic rings. The van der Waals surface area contributed by atoms with Gasteiger partial charge in [0.05, 0.1) is 30.1 Å². The summed E-state index contributed by atoms with van der Waals surface area (Å²) in [4.78, 5) is 15.0. The molecule has 1 N–H and O–H groups in total. The molecular weight excluding hydrogens is 456 g/mol.